The van der Waals surface area contributed by atoms with Crippen molar-refractivity contribution < 1.29 is 4.79 Å². The molecule has 0 aliphatic heterocycles. The number of carbonyl (C=O) groups excluding carboxylic acids is 1. The molecule has 4 rings (SSSR count). The average Bonchev–Trinajstić information content (AvgIpc) is 3.14. The molecule has 0 aliphatic carbocycles. The molecule has 0 atom stereocenters. The lowest BCUT2D eigenvalue weighted by Crippen LogP contribution is -2.40. The lowest BCUT2D eigenvalue weighted by molar-refractivity contribution is 0.0921. The first kappa shape index (κ1) is 16.3. The van der Waals surface area contributed by atoms with Crippen molar-refractivity contribution >= 4 is 28.0 Å². The van der Waals surface area contributed by atoms with Crippen LogP contribution in [0, 0.1) is 6.92 Å². The van der Waals surface area contributed by atoms with Crippen molar-refractivity contribution in [1.29, 1.82) is 0 Å². The van der Waals surface area contributed by atoms with E-state index in [0.717, 1.165) is 27.9 Å². The summed E-state index contributed by atoms with van der Waals surface area (Å²) in [5, 5.41) is 4.10. The van der Waals surface area contributed by atoms with Gasteiger partial charge in [-0.3, -0.25) is 4.79 Å². The molecule has 0 aliphatic rings. The Balaban J connectivity index is 1.85. The van der Waals surface area contributed by atoms with Crippen LogP contribution < -0.4 is 5.32 Å². The molecule has 132 valence electrons. The van der Waals surface area contributed by atoms with Gasteiger partial charge in [0, 0.05) is 28.4 Å². The molecule has 0 spiro atoms. The number of aryl methyl sites for hydroxylation is 1. The van der Waals surface area contributed by atoms with E-state index in [1.807, 2.05) is 39.8 Å². The summed E-state index contributed by atoms with van der Waals surface area (Å²) >= 11 is 0. The number of fused-ring (bicyclic) bond motifs is 2. The van der Waals surface area contributed by atoms with Crippen molar-refractivity contribution in [2.24, 2.45) is 0 Å². The molecule has 26 heavy (non-hydrogen) atoms. The molecule has 0 radical (unpaired) electrons. The molecule has 6 heteroatoms. The number of aromatic amines is 2. The minimum Gasteiger partial charge on any atom is -0.358 e. The van der Waals surface area contributed by atoms with E-state index >= 15 is 0 Å². The number of amides is 1. The fourth-order valence-corrected chi connectivity index (χ4v) is 3.11. The third kappa shape index (κ3) is 2.83. The van der Waals surface area contributed by atoms with Crippen molar-refractivity contribution in [2.75, 3.05) is 0 Å². The van der Waals surface area contributed by atoms with Gasteiger partial charge < -0.3 is 15.3 Å². The largest absolute Gasteiger partial charge is 0.358 e. The van der Waals surface area contributed by atoms with Gasteiger partial charge in [-0.15, -0.1) is 0 Å². The summed E-state index contributed by atoms with van der Waals surface area (Å²) in [6.07, 6.45) is 3.39. The Morgan fingerprint density at radius 2 is 2.04 bits per heavy atom. The lowest BCUT2D eigenvalue weighted by Gasteiger charge is -2.20. The molecule has 0 unspecified atom stereocenters. The van der Waals surface area contributed by atoms with Crippen molar-refractivity contribution in [3.63, 3.8) is 0 Å². The number of benzene rings is 1. The van der Waals surface area contributed by atoms with E-state index in [9.17, 15) is 4.79 Å². The average molecular weight is 347 g/mol. The maximum atomic E-state index is 12.6. The number of hydrogen-bond acceptors (Lipinski definition) is 3. The predicted molar refractivity (Wildman–Crippen MR) is 103 cm³/mol. The van der Waals surface area contributed by atoms with Crippen LogP contribution in [-0.2, 0) is 0 Å². The van der Waals surface area contributed by atoms with Crippen molar-refractivity contribution in [2.45, 2.75) is 33.2 Å². The quantitative estimate of drug-likeness (QED) is 0.513. The number of aromatic nitrogens is 4. The molecule has 0 bridgehead atoms. The number of para-hydroxylation sites is 1. The second kappa shape index (κ2) is 5.69. The first-order valence-electron chi connectivity index (χ1n) is 8.57. The zero-order chi connectivity index (χ0) is 18.5. The molecule has 1 aromatic carbocycles. The standard InChI is InChI=1S/C20H21N5O/c1-11-8-12-6-5-7-13(16(12)23-11)15-10-22-18-17(24-15)14(9-21-18)19(26)25-20(2,3)4/h5-10,23H,1-4H3,(H,21,22)(H,25,26). The van der Waals surface area contributed by atoms with Gasteiger partial charge in [0.1, 0.15) is 5.52 Å². The van der Waals surface area contributed by atoms with Crippen LogP contribution in [0.25, 0.3) is 33.3 Å². The van der Waals surface area contributed by atoms with Crippen LogP contribution in [0.15, 0.2) is 36.7 Å². The first-order chi connectivity index (χ1) is 12.3. The normalized spacial score (nSPS) is 12.0. The first-order valence-corrected chi connectivity index (χ1v) is 8.57. The van der Waals surface area contributed by atoms with Crippen LogP contribution in [0.4, 0.5) is 0 Å². The summed E-state index contributed by atoms with van der Waals surface area (Å²) in [7, 11) is 0. The zero-order valence-corrected chi connectivity index (χ0v) is 15.3. The Morgan fingerprint density at radius 1 is 1.23 bits per heavy atom. The van der Waals surface area contributed by atoms with Crippen molar-refractivity contribution in [3.05, 3.63) is 47.9 Å². The highest BCUT2D eigenvalue weighted by molar-refractivity contribution is 6.05. The third-order valence-electron chi connectivity index (χ3n) is 4.18. The summed E-state index contributed by atoms with van der Waals surface area (Å²) in [5.74, 6) is -0.163. The monoisotopic (exact) mass is 347 g/mol. The molecule has 0 saturated heterocycles. The van der Waals surface area contributed by atoms with E-state index in [4.69, 9.17) is 4.98 Å². The summed E-state index contributed by atoms with van der Waals surface area (Å²) < 4.78 is 0. The van der Waals surface area contributed by atoms with Crippen molar-refractivity contribution in [3.8, 4) is 11.3 Å². The molecule has 0 fully saturated rings. The Bertz CT molecular complexity index is 1130. The number of hydrogen-bond donors (Lipinski definition) is 3. The number of nitrogens with one attached hydrogen (secondary N) is 3. The smallest absolute Gasteiger partial charge is 0.255 e. The highest BCUT2D eigenvalue weighted by Crippen LogP contribution is 2.28. The van der Waals surface area contributed by atoms with Crippen LogP contribution in [0.1, 0.15) is 36.8 Å². The zero-order valence-electron chi connectivity index (χ0n) is 15.3. The van der Waals surface area contributed by atoms with Crippen LogP contribution in [0.3, 0.4) is 0 Å². The Kier molecular flexibility index (Phi) is 3.57. The fourth-order valence-electron chi connectivity index (χ4n) is 3.11. The van der Waals surface area contributed by atoms with Gasteiger partial charge in [-0.05, 0) is 33.8 Å². The second-order valence-corrected chi connectivity index (χ2v) is 7.58. The Morgan fingerprint density at radius 3 is 2.81 bits per heavy atom. The van der Waals surface area contributed by atoms with Gasteiger partial charge >= 0.3 is 0 Å². The van der Waals surface area contributed by atoms with E-state index in [-0.39, 0.29) is 11.4 Å². The molecule has 6 nitrogen and oxygen atoms in total. The van der Waals surface area contributed by atoms with E-state index in [1.54, 1.807) is 12.4 Å². The topological polar surface area (TPSA) is 86.5 Å². The SMILES string of the molecule is Cc1cc2cccc(-c3cnc4[nH]cc(C(=O)NC(C)(C)C)c4n3)c2[nH]1. The van der Waals surface area contributed by atoms with Gasteiger partial charge in [-0.25, -0.2) is 9.97 Å². The molecule has 4 aromatic rings. The predicted octanol–water partition coefficient (Wildman–Crippen LogP) is 3.94. The van der Waals surface area contributed by atoms with Gasteiger partial charge in [0.2, 0.25) is 0 Å². The number of nitrogens with zero attached hydrogens (tertiary/aromatic N) is 2. The maximum absolute atomic E-state index is 12.6. The highest BCUT2D eigenvalue weighted by Gasteiger charge is 2.20. The lowest BCUT2D eigenvalue weighted by atomic mass is 10.1. The summed E-state index contributed by atoms with van der Waals surface area (Å²) in [5.41, 5.74) is 5.16. The molecular formula is C20H21N5O. The Hall–Kier alpha value is -3.15. The summed E-state index contributed by atoms with van der Waals surface area (Å²) in [6, 6.07) is 8.17. The van der Waals surface area contributed by atoms with Gasteiger partial charge in [0.05, 0.1) is 23.0 Å². The van der Waals surface area contributed by atoms with Crippen molar-refractivity contribution in [1.82, 2.24) is 25.3 Å². The van der Waals surface area contributed by atoms with Gasteiger partial charge in [-0.2, -0.15) is 0 Å². The van der Waals surface area contributed by atoms with Crippen LogP contribution in [0.5, 0.6) is 0 Å². The van der Waals surface area contributed by atoms with E-state index in [0.29, 0.717) is 16.7 Å². The van der Waals surface area contributed by atoms with E-state index in [2.05, 4.69) is 32.4 Å². The fraction of sp³-hybridized carbons (Fsp3) is 0.250. The maximum Gasteiger partial charge on any atom is 0.255 e. The van der Waals surface area contributed by atoms with E-state index in [1.165, 1.54) is 0 Å². The third-order valence-corrected chi connectivity index (χ3v) is 4.18. The number of carbonyl (C=O) groups is 1. The van der Waals surface area contributed by atoms with Crippen LogP contribution in [0.2, 0.25) is 0 Å². The second-order valence-electron chi connectivity index (χ2n) is 7.58. The van der Waals surface area contributed by atoms with Crippen LogP contribution in [-0.4, -0.2) is 31.4 Å². The molecule has 1 amide bonds. The minimum atomic E-state index is -0.320. The molecule has 3 N–H and O–H groups in total. The molecule has 0 saturated carbocycles. The van der Waals surface area contributed by atoms with Gasteiger partial charge in [-0.1, -0.05) is 18.2 Å². The summed E-state index contributed by atoms with van der Waals surface area (Å²) in [4.78, 5) is 28.2. The molecule has 3 heterocycles. The number of H-pyrrole nitrogens is 2. The molecule has 3 aromatic heterocycles. The molecular weight excluding hydrogens is 326 g/mol. The highest BCUT2D eigenvalue weighted by atomic mass is 16.1. The summed E-state index contributed by atoms with van der Waals surface area (Å²) in [6.45, 7) is 7.88. The van der Waals surface area contributed by atoms with Gasteiger partial charge in [0.25, 0.3) is 5.91 Å². The minimum absolute atomic E-state index is 0.163. The van der Waals surface area contributed by atoms with Gasteiger partial charge in [0.15, 0.2) is 5.65 Å². The Labute approximate surface area is 151 Å². The van der Waals surface area contributed by atoms with E-state index < -0.39 is 0 Å². The van der Waals surface area contributed by atoms with Crippen LogP contribution >= 0.6 is 0 Å². The number of rotatable bonds is 2.